The van der Waals surface area contributed by atoms with E-state index in [-0.39, 0.29) is 5.91 Å². The Labute approximate surface area is 112 Å². The van der Waals surface area contributed by atoms with Crippen LogP contribution in [0.5, 0.6) is 5.75 Å². The van der Waals surface area contributed by atoms with Gasteiger partial charge in [-0.1, -0.05) is 13.8 Å². The van der Waals surface area contributed by atoms with Crippen LogP contribution in [0.2, 0.25) is 0 Å². The molecule has 0 bridgehead atoms. The van der Waals surface area contributed by atoms with Gasteiger partial charge in [0, 0.05) is 11.6 Å². The predicted molar refractivity (Wildman–Crippen MR) is 72.2 cm³/mol. The molecular formula is C14H19NO4. The maximum absolute atomic E-state index is 11.9. The molecule has 0 aromatic heterocycles. The standard InChI is InChI=1S/C14H19NO4/c1-4-19-12-7-5-11(6-8-12)15-13(16)9(2)10(3)14(17)18/h5-10H,4H2,1-3H3,(H,15,16)(H,17,18). The summed E-state index contributed by atoms with van der Waals surface area (Å²) < 4.78 is 5.29. The highest BCUT2D eigenvalue weighted by atomic mass is 16.5. The zero-order valence-corrected chi connectivity index (χ0v) is 11.3. The van der Waals surface area contributed by atoms with Gasteiger partial charge in [-0.3, -0.25) is 9.59 Å². The van der Waals surface area contributed by atoms with Gasteiger partial charge in [-0.25, -0.2) is 0 Å². The first-order valence-corrected chi connectivity index (χ1v) is 6.22. The lowest BCUT2D eigenvalue weighted by molar-refractivity contribution is -0.145. The number of rotatable bonds is 6. The van der Waals surface area contributed by atoms with Crippen molar-refractivity contribution in [3.63, 3.8) is 0 Å². The molecule has 1 amide bonds. The van der Waals surface area contributed by atoms with Crippen LogP contribution in [0, 0.1) is 11.8 Å². The molecule has 5 nitrogen and oxygen atoms in total. The molecule has 1 aromatic carbocycles. The lowest BCUT2D eigenvalue weighted by Gasteiger charge is -2.15. The Morgan fingerprint density at radius 2 is 1.79 bits per heavy atom. The largest absolute Gasteiger partial charge is 0.494 e. The molecule has 2 atom stereocenters. The number of carboxylic acid groups (broad SMARTS) is 1. The summed E-state index contributed by atoms with van der Waals surface area (Å²) in [4.78, 5) is 22.7. The van der Waals surface area contributed by atoms with E-state index in [1.54, 1.807) is 31.2 Å². The fourth-order valence-corrected chi connectivity index (χ4v) is 1.50. The van der Waals surface area contributed by atoms with Crippen LogP contribution in [0.3, 0.4) is 0 Å². The van der Waals surface area contributed by atoms with E-state index in [9.17, 15) is 9.59 Å². The molecule has 0 fully saturated rings. The molecule has 19 heavy (non-hydrogen) atoms. The summed E-state index contributed by atoms with van der Waals surface area (Å²) in [6, 6.07) is 6.96. The SMILES string of the molecule is CCOc1ccc(NC(=O)C(C)C(C)C(=O)O)cc1. The first-order valence-electron chi connectivity index (χ1n) is 6.22. The molecule has 0 radical (unpaired) electrons. The Bertz CT molecular complexity index is 441. The van der Waals surface area contributed by atoms with Crippen LogP contribution >= 0.6 is 0 Å². The molecule has 0 aliphatic heterocycles. The maximum atomic E-state index is 11.9. The highest BCUT2D eigenvalue weighted by Crippen LogP contribution is 2.18. The van der Waals surface area contributed by atoms with E-state index in [1.165, 1.54) is 6.92 Å². The second-order valence-electron chi connectivity index (χ2n) is 4.36. The van der Waals surface area contributed by atoms with Crippen molar-refractivity contribution in [2.24, 2.45) is 11.8 Å². The summed E-state index contributed by atoms with van der Waals surface area (Å²) >= 11 is 0. The van der Waals surface area contributed by atoms with Crippen LogP contribution in [0.4, 0.5) is 5.69 Å². The van der Waals surface area contributed by atoms with Gasteiger partial charge >= 0.3 is 5.97 Å². The minimum absolute atomic E-state index is 0.306. The summed E-state index contributed by atoms with van der Waals surface area (Å²) in [5.74, 6) is -1.87. The van der Waals surface area contributed by atoms with E-state index in [1.807, 2.05) is 6.92 Å². The van der Waals surface area contributed by atoms with Crippen molar-refractivity contribution in [2.75, 3.05) is 11.9 Å². The Balaban J connectivity index is 2.63. The molecule has 0 spiro atoms. The van der Waals surface area contributed by atoms with E-state index in [4.69, 9.17) is 9.84 Å². The van der Waals surface area contributed by atoms with Gasteiger partial charge in [0.15, 0.2) is 0 Å². The highest BCUT2D eigenvalue weighted by Gasteiger charge is 2.25. The summed E-state index contributed by atoms with van der Waals surface area (Å²) in [5.41, 5.74) is 0.623. The number of amides is 1. The van der Waals surface area contributed by atoms with Gasteiger partial charge in [-0.2, -0.15) is 0 Å². The molecule has 1 rings (SSSR count). The number of carboxylic acids is 1. The van der Waals surface area contributed by atoms with Crippen molar-refractivity contribution in [3.8, 4) is 5.75 Å². The van der Waals surface area contributed by atoms with Gasteiger partial charge < -0.3 is 15.2 Å². The summed E-state index contributed by atoms with van der Waals surface area (Å²) in [6.07, 6.45) is 0. The van der Waals surface area contributed by atoms with Crippen LogP contribution in [0.15, 0.2) is 24.3 Å². The Morgan fingerprint density at radius 3 is 2.26 bits per heavy atom. The third-order valence-electron chi connectivity index (χ3n) is 2.99. The Hall–Kier alpha value is -2.04. The number of carbonyl (C=O) groups excluding carboxylic acids is 1. The molecule has 2 unspecified atom stereocenters. The third kappa shape index (κ3) is 4.28. The minimum Gasteiger partial charge on any atom is -0.494 e. The van der Waals surface area contributed by atoms with Gasteiger partial charge in [0.2, 0.25) is 5.91 Å². The Kier molecular flexibility index (Phi) is 5.36. The van der Waals surface area contributed by atoms with E-state index in [0.717, 1.165) is 5.75 Å². The van der Waals surface area contributed by atoms with E-state index >= 15 is 0 Å². The second kappa shape index (κ2) is 6.78. The quantitative estimate of drug-likeness (QED) is 0.828. The predicted octanol–water partition coefficient (Wildman–Crippen LogP) is 2.38. The monoisotopic (exact) mass is 265 g/mol. The van der Waals surface area contributed by atoms with Gasteiger partial charge in [0.25, 0.3) is 0 Å². The topological polar surface area (TPSA) is 75.6 Å². The number of benzene rings is 1. The van der Waals surface area contributed by atoms with Crippen LogP contribution in [-0.4, -0.2) is 23.6 Å². The number of anilines is 1. The van der Waals surface area contributed by atoms with Gasteiger partial charge in [-0.05, 0) is 31.2 Å². The third-order valence-corrected chi connectivity index (χ3v) is 2.99. The average molecular weight is 265 g/mol. The van der Waals surface area contributed by atoms with Crippen molar-refractivity contribution in [2.45, 2.75) is 20.8 Å². The molecule has 0 saturated heterocycles. The second-order valence-corrected chi connectivity index (χ2v) is 4.36. The molecule has 0 heterocycles. The molecule has 0 aliphatic rings. The van der Waals surface area contributed by atoms with Crippen molar-refractivity contribution >= 4 is 17.6 Å². The van der Waals surface area contributed by atoms with Crippen molar-refractivity contribution in [1.82, 2.24) is 0 Å². The van der Waals surface area contributed by atoms with Crippen LogP contribution < -0.4 is 10.1 Å². The molecular weight excluding hydrogens is 246 g/mol. The minimum atomic E-state index is -0.977. The highest BCUT2D eigenvalue weighted by molar-refractivity contribution is 5.94. The first kappa shape index (κ1) is 15.0. The number of ether oxygens (including phenoxy) is 1. The molecule has 0 saturated carbocycles. The normalized spacial score (nSPS) is 13.4. The maximum Gasteiger partial charge on any atom is 0.307 e. The van der Waals surface area contributed by atoms with Crippen LogP contribution in [0.25, 0.3) is 0 Å². The van der Waals surface area contributed by atoms with E-state index < -0.39 is 17.8 Å². The Morgan fingerprint density at radius 1 is 1.21 bits per heavy atom. The molecule has 5 heteroatoms. The summed E-state index contributed by atoms with van der Waals surface area (Å²) in [7, 11) is 0. The number of nitrogens with one attached hydrogen (secondary N) is 1. The fraction of sp³-hybridized carbons (Fsp3) is 0.429. The molecule has 0 aliphatic carbocycles. The zero-order chi connectivity index (χ0) is 14.4. The summed E-state index contributed by atoms with van der Waals surface area (Å²) in [6.45, 7) is 5.59. The van der Waals surface area contributed by atoms with Crippen molar-refractivity contribution in [1.29, 1.82) is 0 Å². The molecule has 2 N–H and O–H groups in total. The zero-order valence-electron chi connectivity index (χ0n) is 11.3. The van der Waals surface area contributed by atoms with E-state index in [0.29, 0.717) is 12.3 Å². The lowest BCUT2D eigenvalue weighted by Crippen LogP contribution is -2.29. The summed E-state index contributed by atoms with van der Waals surface area (Å²) in [5, 5.41) is 11.6. The van der Waals surface area contributed by atoms with Gasteiger partial charge in [0.1, 0.15) is 5.75 Å². The molecule has 104 valence electrons. The van der Waals surface area contributed by atoms with Crippen molar-refractivity contribution < 1.29 is 19.4 Å². The number of carbonyl (C=O) groups is 2. The van der Waals surface area contributed by atoms with Crippen LogP contribution in [-0.2, 0) is 9.59 Å². The number of hydrogen-bond acceptors (Lipinski definition) is 3. The number of hydrogen-bond donors (Lipinski definition) is 2. The first-order chi connectivity index (χ1) is 8.95. The fourth-order valence-electron chi connectivity index (χ4n) is 1.50. The van der Waals surface area contributed by atoms with Crippen LogP contribution in [0.1, 0.15) is 20.8 Å². The smallest absolute Gasteiger partial charge is 0.307 e. The van der Waals surface area contributed by atoms with Gasteiger partial charge in [-0.15, -0.1) is 0 Å². The number of aliphatic carboxylic acids is 1. The van der Waals surface area contributed by atoms with Gasteiger partial charge in [0.05, 0.1) is 12.5 Å². The lowest BCUT2D eigenvalue weighted by atomic mass is 9.95. The van der Waals surface area contributed by atoms with Crippen molar-refractivity contribution in [3.05, 3.63) is 24.3 Å². The van der Waals surface area contributed by atoms with E-state index in [2.05, 4.69) is 5.32 Å². The molecule has 1 aromatic rings. The average Bonchev–Trinajstić information content (AvgIpc) is 2.39.